The lowest BCUT2D eigenvalue weighted by Crippen LogP contribution is -2.50. The number of benzene rings is 1. The lowest BCUT2D eigenvalue weighted by molar-refractivity contribution is 0.0698. The molecule has 1 aromatic carbocycles. The Morgan fingerprint density at radius 3 is 2.31 bits per heavy atom. The van der Waals surface area contributed by atoms with Crippen molar-refractivity contribution in [2.75, 3.05) is 37.7 Å². The summed E-state index contributed by atoms with van der Waals surface area (Å²) in [6, 6.07) is 10.6. The van der Waals surface area contributed by atoms with Crippen LogP contribution in [0.1, 0.15) is 23.7 Å². The van der Waals surface area contributed by atoms with Gasteiger partial charge in [0.2, 0.25) is 10.0 Å². The Balaban J connectivity index is 1.39. The zero-order valence-corrected chi connectivity index (χ0v) is 17.0. The molecule has 1 amide bonds. The topological polar surface area (TPSA) is 86.2 Å². The molecule has 29 heavy (non-hydrogen) atoms. The van der Waals surface area contributed by atoms with E-state index in [4.69, 9.17) is 0 Å². The van der Waals surface area contributed by atoms with E-state index in [2.05, 4.69) is 10.1 Å². The monoisotopic (exact) mass is 413 g/mol. The van der Waals surface area contributed by atoms with Gasteiger partial charge < -0.3 is 4.90 Å². The van der Waals surface area contributed by atoms with Crippen molar-refractivity contribution in [3.63, 3.8) is 0 Å². The number of carbonyl (C=O) groups is 1. The van der Waals surface area contributed by atoms with Crippen molar-refractivity contribution in [2.24, 2.45) is 5.10 Å². The van der Waals surface area contributed by atoms with E-state index >= 15 is 0 Å². The molecule has 9 heteroatoms. The van der Waals surface area contributed by atoms with Crippen LogP contribution >= 0.6 is 0 Å². The van der Waals surface area contributed by atoms with Crippen LogP contribution in [0, 0.1) is 0 Å². The highest BCUT2D eigenvalue weighted by molar-refractivity contribution is 7.89. The van der Waals surface area contributed by atoms with Gasteiger partial charge in [-0.2, -0.15) is 9.41 Å². The zero-order valence-electron chi connectivity index (χ0n) is 16.2. The van der Waals surface area contributed by atoms with Crippen molar-refractivity contribution in [3.8, 4) is 0 Å². The highest BCUT2D eigenvalue weighted by Crippen LogP contribution is 2.21. The fourth-order valence-corrected chi connectivity index (χ4v) is 4.89. The number of hydrazone groups is 1. The predicted molar refractivity (Wildman–Crippen MR) is 110 cm³/mol. The largest absolute Gasteiger partial charge is 0.336 e. The SMILES string of the molecule is CC1=NN(c2ccc(C(=O)N3CCN(S(=O)(=O)c4cccnc4)CC3)cc2)CC1. The Morgan fingerprint density at radius 1 is 1.00 bits per heavy atom. The second-order valence-electron chi connectivity index (χ2n) is 7.14. The van der Waals surface area contributed by atoms with Gasteiger partial charge in [-0.25, -0.2) is 8.42 Å². The van der Waals surface area contributed by atoms with E-state index in [1.54, 1.807) is 23.1 Å². The number of carbonyl (C=O) groups excluding carboxylic acids is 1. The van der Waals surface area contributed by atoms with Gasteiger partial charge in [0.1, 0.15) is 4.90 Å². The molecular formula is C20H23N5O3S. The summed E-state index contributed by atoms with van der Waals surface area (Å²) < 4.78 is 26.8. The van der Waals surface area contributed by atoms with E-state index in [-0.39, 0.29) is 23.9 Å². The first-order valence-corrected chi connectivity index (χ1v) is 11.0. The fraction of sp³-hybridized carbons (Fsp3) is 0.350. The second-order valence-corrected chi connectivity index (χ2v) is 9.08. The van der Waals surface area contributed by atoms with Crippen molar-refractivity contribution in [1.82, 2.24) is 14.2 Å². The molecule has 0 bridgehead atoms. The van der Waals surface area contributed by atoms with Crippen LogP contribution in [0.25, 0.3) is 0 Å². The molecule has 2 aliphatic heterocycles. The average molecular weight is 414 g/mol. The summed E-state index contributed by atoms with van der Waals surface area (Å²) in [4.78, 5) is 18.6. The van der Waals surface area contributed by atoms with Crippen molar-refractivity contribution < 1.29 is 13.2 Å². The molecule has 1 aromatic heterocycles. The summed E-state index contributed by atoms with van der Waals surface area (Å²) in [6.45, 7) is 4.11. The number of amides is 1. The van der Waals surface area contributed by atoms with Gasteiger partial charge in [0.25, 0.3) is 5.91 Å². The molecule has 2 aliphatic rings. The van der Waals surface area contributed by atoms with Crippen LogP contribution in [0.4, 0.5) is 5.69 Å². The fourth-order valence-electron chi connectivity index (χ4n) is 3.50. The molecule has 0 saturated carbocycles. The van der Waals surface area contributed by atoms with Crippen LogP contribution in [0.15, 0.2) is 58.8 Å². The van der Waals surface area contributed by atoms with Gasteiger partial charge in [0, 0.05) is 62.8 Å². The van der Waals surface area contributed by atoms with Crippen LogP contribution in [-0.4, -0.2) is 66.9 Å². The molecule has 3 heterocycles. The van der Waals surface area contributed by atoms with Gasteiger partial charge >= 0.3 is 0 Å². The number of aromatic nitrogens is 1. The van der Waals surface area contributed by atoms with E-state index in [0.29, 0.717) is 18.7 Å². The molecule has 0 unspecified atom stereocenters. The summed E-state index contributed by atoms with van der Waals surface area (Å²) in [6.07, 6.45) is 3.84. The Morgan fingerprint density at radius 2 is 1.72 bits per heavy atom. The number of hydrogen-bond acceptors (Lipinski definition) is 6. The van der Waals surface area contributed by atoms with E-state index in [1.807, 2.05) is 24.1 Å². The van der Waals surface area contributed by atoms with Crippen molar-refractivity contribution in [1.29, 1.82) is 0 Å². The van der Waals surface area contributed by atoms with E-state index in [9.17, 15) is 13.2 Å². The Bertz CT molecular complexity index is 1010. The Hall–Kier alpha value is -2.78. The highest BCUT2D eigenvalue weighted by atomic mass is 32.2. The molecule has 0 aliphatic carbocycles. The van der Waals surface area contributed by atoms with Gasteiger partial charge in [-0.05, 0) is 43.3 Å². The molecule has 152 valence electrons. The van der Waals surface area contributed by atoms with Crippen LogP contribution < -0.4 is 5.01 Å². The van der Waals surface area contributed by atoms with E-state index < -0.39 is 10.0 Å². The maximum atomic E-state index is 12.8. The minimum atomic E-state index is -3.58. The number of sulfonamides is 1. The highest BCUT2D eigenvalue weighted by Gasteiger charge is 2.30. The molecule has 4 rings (SSSR count). The number of anilines is 1. The standard InChI is InChI=1S/C20H23N5O3S/c1-16-8-10-25(22-16)18-6-4-17(5-7-18)20(26)23-11-13-24(14-12-23)29(27,28)19-3-2-9-21-15-19/h2-7,9,15H,8,10-14H2,1H3. The quantitative estimate of drug-likeness (QED) is 0.763. The normalized spacial score (nSPS) is 18.0. The van der Waals surface area contributed by atoms with Crippen molar-refractivity contribution in [2.45, 2.75) is 18.2 Å². The number of piperazine rings is 1. The third-order valence-corrected chi connectivity index (χ3v) is 7.07. The molecule has 0 atom stereocenters. The third-order valence-electron chi connectivity index (χ3n) is 5.19. The van der Waals surface area contributed by atoms with Crippen LogP contribution in [0.3, 0.4) is 0 Å². The van der Waals surface area contributed by atoms with Gasteiger partial charge in [-0.1, -0.05) is 0 Å². The predicted octanol–water partition coefficient (Wildman–Crippen LogP) is 1.81. The molecule has 0 N–H and O–H groups in total. The van der Waals surface area contributed by atoms with Gasteiger partial charge in [-0.3, -0.25) is 14.8 Å². The van der Waals surface area contributed by atoms with Crippen molar-refractivity contribution in [3.05, 3.63) is 54.4 Å². The molecule has 2 aromatic rings. The van der Waals surface area contributed by atoms with Crippen LogP contribution in [0.5, 0.6) is 0 Å². The molecule has 0 radical (unpaired) electrons. The lowest BCUT2D eigenvalue weighted by Gasteiger charge is -2.34. The van der Waals surface area contributed by atoms with Crippen LogP contribution in [0.2, 0.25) is 0 Å². The number of rotatable bonds is 4. The molecule has 1 fully saturated rings. The molecule has 1 saturated heterocycles. The second kappa shape index (κ2) is 7.92. The summed E-state index contributed by atoms with van der Waals surface area (Å²) >= 11 is 0. The number of pyridine rings is 1. The molecule has 8 nitrogen and oxygen atoms in total. The minimum Gasteiger partial charge on any atom is -0.336 e. The summed E-state index contributed by atoms with van der Waals surface area (Å²) in [5.41, 5.74) is 2.66. The van der Waals surface area contributed by atoms with Crippen molar-refractivity contribution >= 4 is 27.3 Å². The number of nitrogens with zero attached hydrogens (tertiary/aromatic N) is 5. The van der Waals surface area contributed by atoms with Gasteiger partial charge in [0.15, 0.2) is 0 Å². The third kappa shape index (κ3) is 4.01. The summed E-state index contributed by atoms with van der Waals surface area (Å²) in [5.74, 6) is -0.0870. The van der Waals surface area contributed by atoms with Gasteiger partial charge in [0.05, 0.1) is 5.69 Å². The summed E-state index contributed by atoms with van der Waals surface area (Å²) in [7, 11) is -3.58. The molecular weight excluding hydrogens is 390 g/mol. The Labute approximate surface area is 170 Å². The maximum Gasteiger partial charge on any atom is 0.253 e. The average Bonchev–Trinajstić information content (AvgIpc) is 3.20. The first kappa shape index (κ1) is 19.5. The van der Waals surface area contributed by atoms with E-state index in [1.165, 1.54) is 22.8 Å². The lowest BCUT2D eigenvalue weighted by atomic mass is 10.1. The first-order valence-electron chi connectivity index (χ1n) is 9.56. The summed E-state index contributed by atoms with van der Waals surface area (Å²) in [5, 5.41) is 6.40. The smallest absolute Gasteiger partial charge is 0.253 e. The van der Waals surface area contributed by atoms with E-state index in [0.717, 1.165) is 24.4 Å². The molecule has 0 spiro atoms. The first-order chi connectivity index (χ1) is 13.9. The number of hydrogen-bond donors (Lipinski definition) is 0. The Kier molecular flexibility index (Phi) is 5.33. The van der Waals surface area contributed by atoms with Crippen LogP contribution in [-0.2, 0) is 10.0 Å². The maximum absolute atomic E-state index is 12.8. The zero-order chi connectivity index (χ0) is 20.4. The minimum absolute atomic E-state index is 0.0870. The van der Waals surface area contributed by atoms with Gasteiger partial charge in [-0.15, -0.1) is 0 Å².